The van der Waals surface area contributed by atoms with Crippen LogP contribution in [-0.2, 0) is 27.2 Å². The van der Waals surface area contributed by atoms with E-state index < -0.39 is 35.5 Å². The third kappa shape index (κ3) is 4.82. The molecule has 2 aliphatic rings. The lowest BCUT2D eigenvalue weighted by Crippen LogP contribution is -2.54. The molecule has 1 atom stereocenters. The number of carbonyl (C=O) groups excluding carboxylic acids is 5. The van der Waals surface area contributed by atoms with E-state index in [4.69, 9.17) is 0 Å². The van der Waals surface area contributed by atoms with Crippen molar-refractivity contribution in [3.8, 4) is 11.1 Å². The first-order valence-electron chi connectivity index (χ1n) is 12.3. The molecule has 5 amide bonds. The molecule has 0 radical (unpaired) electrons. The molecule has 0 bridgehead atoms. The van der Waals surface area contributed by atoms with Crippen molar-refractivity contribution < 1.29 is 28.4 Å². The first-order valence-corrected chi connectivity index (χ1v) is 12.3. The summed E-state index contributed by atoms with van der Waals surface area (Å²) in [6.07, 6.45) is 0.586. The average molecular weight is 514 g/mol. The van der Waals surface area contributed by atoms with Gasteiger partial charge in [0.05, 0.1) is 17.5 Å². The molecule has 38 heavy (non-hydrogen) atoms. The molecule has 2 aliphatic heterocycles. The zero-order chi connectivity index (χ0) is 26.8. The third-order valence-corrected chi connectivity index (χ3v) is 6.75. The highest BCUT2D eigenvalue weighted by Crippen LogP contribution is 2.35. The molecule has 1 saturated heterocycles. The summed E-state index contributed by atoms with van der Waals surface area (Å²) in [5.41, 5.74) is 2.92. The Kier molecular flexibility index (Phi) is 6.83. The molecule has 2 heterocycles. The van der Waals surface area contributed by atoms with Gasteiger partial charge in [0.1, 0.15) is 11.9 Å². The van der Waals surface area contributed by atoms with E-state index in [-0.39, 0.29) is 36.3 Å². The molecule has 0 spiro atoms. The van der Waals surface area contributed by atoms with Gasteiger partial charge in [-0.3, -0.25) is 34.2 Å². The van der Waals surface area contributed by atoms with Gasteiger partial charge in [-0.15, -0.1) is 0 Å². The van der Waals surface area contributed by atoms with Crippen LogP contribution in [0.1, 0.15) is 44.7 Å². The van der Waals surface area contributed by atoms with Gasteiger partial charge in [0, 0.05) is 13.0 Å². The molecule has 0 aromatic heterocycles. The van der Waals surface area contributed by atoms with Crippen LogP contribution >= 0.6 is 0 Å². The van der Waals surface area contributed by atoms with Crippen LogP contribution in [0.5, 0.6) is 0 Å². The minimum atomic E-state index is -1.03. The van der Waals surface area contributed by atoms with Crippen LogP contribution in [0.25, 0.3) is 11.1 Å². The molecule has 1 fully saturated rings. The van der Waals surface area contributed by atoms with Gasteiger partial charge >= 0.3 is 0 Å². The van der Waals surface area contributed by atoms with Gasteiger partial charge in [-0.1, -0.05) is 54.6 Å². The number of fused-ring (bicyclic) bond motifs is 1. The van der Waals surface area contributed by atoms with Gasteiger partial charge in [0.15, 0.2) is 0 Å². The average Bonchev–Trinajstić information content (AvgIpc) is 3.15. The molecule has 0 aliphatic carbocycles. The number of hydrogen-bond acceptors (Lipinski definition) is 5. The SMILES string of the molecule is O=C(Cc1ccccc1F)NCCc1cccc(-c2cccc3c2C(=O)N(C2CCC(=O)NC2=O)C3=O)c1. The summed E-state index contributed by atoms with van der Waals surface area (Å²) in [5.74, 6) is -2.92. The normalized spacial score (nSPS) is 16.9. The Morgan fingerprint density at radius 2 is 1.71 bits per heavy atom. The van der Waals surface area contributed by atoms with E-state index in [1.165, 1.54) is 6.07 Å². The molecule has 5 rings (SSSR count). The van der Waals surface area contributed by atoms with Crippen LogP contribution in [0.2, 0.25) is 0 Å². The lowest BCUT2D eigenvalue weighted by atomic mass is 9.95. The van der Waals surface area contributed by atoms with E-state index in [9.17, 15) is 28.4 Å². The van der Waals surface area contributed by atoms with Gasteiger partial charge < -0.3 is 5.32 Å². The lowest BCUT2D eigenvalue weighted by Gasteiger charge is -2.27. The van der Waals surface area contributed by atoms with Gasteiger partial charge in [-0.05, 0) is 47.2 Å². The van der Waals surface area contributed by atoms with Crippen molar-refractivity contribution in [2.45, 2.75) is 31.7 Å². The van der Waals surface area contributed by atoms with Crippen LogP contribution in [0, 0.1) is 5.82 Å². The number of carbonyl (C=O) groups is 5. The van der Waals surface area contributed by atoms with Crippen molar-refractivity contribution in [2.75, 3.05) is 6.54 Å². The van der Waals surface area contributed by atoms with Crippen molar-refractivity contribution in [1.82, 2.24) is 15.5 Å². The number of piperidine rings is 1. The smallest absolute Gasteiger partial charge is 0.262 e. The van der Waals surface area contributed by atoms with E-state index in [1.807, 2.05) is 24.3 Å². The monoisotopic (exact) mass is 513 g/mol. The molecule has 3 aromatic rings. The zero-order valence-corrected chi connectivity index (χ0v) is 20.3. The molecule has 192 valence electrons. The fraction of sp³-hybridized carbons (Fsp3) is 0.207. The Morgan fingerprint density at radius 3 is 2.50 bits per heavy atom. The molecule has 3 aromatic carbocycles. The Labute approximate surface area is 217 Å². The minimum Gasteiger partial charge on any atom is -0.355 e. The summed E-state index contributed by atoms with van der Waals surface area (Å²) in [5, 5.41) is 5.00. The molecule has 1 unspecified atom stereocenters. The maximum Gasteiger partial charge on any atom is 0.262 e. The van der Waals surface area contributed by atoms with Crippen LogP contribution in [0.15, 0.2) is 66.7 Å². The van der Waals surface area contributed by atoms with Crippen molar-refractivity contribution in [3.05, 3.63) is 94.8 Å². The van der Waals surface area contributed by atoms with Crippen molar-refractivity contribution >= 4 is 29.5 Å². The van der Waals surface area contributed by atoms with E-state index >= 15 is 0 Å². The first-order chi connectivity index (χ1) is 18.3. The first kappa shape index (κ1) is 25.0. The lowest BCUT2D eigenvalue weighted by molar-refractivity contribution is -0.136. The van der Waals surface area contributed by atoms with E-state index in [1.54, 1.807) is 36.4 Å². The topological polar surface area (TPSA) is 113 Å². The molecule has 9 heteroatoms. The highest BCUT2D eigenvalue weighted by molar-refractivity contribution is 6.25. The van der Waals surface area contributed by atoms with Gasteiger partial charge in [-0.2, -0.15) is 0 Å². The van der Waals surface area contributed by atoms with Crippen LogP contribution in [-0.4, -0.2) is 47.0 Å². The summed E-state index contributed by atoms with van der Waals surface area (Å²) in [6.45, 7) is 0.338. The van der Waals surface area contributed by atoms with E-state index in [0.717, 1.165) is 10.5 Å². The standard InChI is InChI=1S/C29H24FN3O5/c30-22-10-2-1-6-19(22)16-25(35)31-14-13-17-5-3-7-18(15-17)20-8-4-9-21-26(20)29(38)33(28(21)37)23-11-12-24(34)32-27(23)36/h1-10,15,23H,11-14,16H2,(H,31,35)(H,32,34,36). The maximum atomic E-state index is 13.8. The predicted molar refractivity (Wildman–Crippen MR) is 135 cm³/mol. The quantitative estimate of drug-likeness (QED) is 0.472. The van der Waals surface area contributed by atoms with Crippen LogP contribution in [0.4, 0.5) is 4.39 Å². The number of hydrogen-bond donors (Lipinski definition) is 2. The van der Waals surface area contributed by atoms with Crippen molar-refractivity contribution in [1.29, 1.82) is 0 Å². The van der Waals surface area contributed by atoms with Gasteiger partial charge in [0.25, 0.3) is 11.8 Å². The van der Waals surface area contributed by atoms with Crippen LogP contribution < -0.4 is 10.6 Å². The largest absolute Gasteiger partial charge is 0.355 e. The third-order valence-electron chi connectivity index (χ3n) is 6.75. The number of rotatable bonds is 7. The van der Waals surface area contributed by atoms with Gasteiger partial charge in [0.2, 0.25) is 17.7 Å². The Hall–Kier alpha value is -4.66. The molecule has 8 nitrogen and oxygen atoms in total. The number of nitrogens with zero attached hydrogens (tertiary/aromatic N) is 1. The molecular formula is C29H24FN3O5. The maximum absolute atomic E-state index is 13.8. The van der Waals surface area contributed by atoms with Gasteiger partial charge in [-0.25, -0.2) is 4.39 Å². The zero-order valence-electron chi connectivity index (χ0n) is 20.3. The fourth-order valence-electron chi connectivity index (χ4n) is 4.87. The van der Waals surface area contributed by atoms with Crippen molar-refractivity contribution in [3.63, 3.8) is 0 Å². The number of amides is 5. The predicted octanol–water partition coefficient (Wildman–Crippen LogP) is 2.80. The molecular weight excluding hydrogens is 489 g/mol. The number of nitrogens with one attached hydrogen (secondary N) is 2. The number of benzene rings is 3. The highest BCUT2D eigenvalue weighted by Gasteiger charge is 2.45. The minimum absolute atomic E-state index is 0.0511. The highest BCUT2D eigenvalue weighted by atomic mass is 19.1. The Bertz CT molecular complexity index is 1480. The van der Waals surface area contributed by atoms with E-state index in [0.29, 0.717) is 29.7 Å². The van der Waals surface area contributed by atoms with E-state index in [2.05, 4.69) is 10.6 Å². The number of halogens is 1. The summed E-state index contributed by atoms with van der Waals surface area (Å²) in [7, 11) is 0. The summed E-state index contributed by atoms with van der Waals surface area (Å²) >= 11 is 0. The molecule has 0 saturated carbocycles. The number of imide groups is 2. The molecule has 2 N–H and O–H groups in total. The van der Waals surface area contributed by atoms with Crippen molar-refractivity contribution in [2.24, 2.45) is 0 Å². The summed E-state index contributed by atoms with van der Waals surface area (Å²) < 4.78 is 13.8. The summed E-state index contributed by atoms with van der Waals surface area (Å²) in [4.78, 5) is 63.6. The second-order valence-electron chi connectivity index (χ2n) is 9.24. The Morgan fingerprint density at radius 1 is 0.947 bits per heavy atom. The summed E-state index contributed by atoms with van der Waals surface area (Å²) in [6, 6.07) is 17.5. The Balaban J connectivity index is 1.31. The second-order valence-corrected chi connectivity index (χ2v) is 9.24. The van der Waals surface area contributed by atoms with Crippen LogP contribution in [0.3, 0.4) is 0 Å². The fourth-order valence-corrected chi connectivity index (χ4v) is 4.87. The second kappa shape index (κ2) is 10.4.